The van der Waals surface area contributed by atoms with Crippen LogP contribution in [0.5, 0.6) is 0 Å². The lowest BCUT2D eigenvalue weighted by Crippen LogP contribution is -2.53. The average molecular weight is 335 g/mol. The van der Waals surface area contributed by atoms with Gasteiger partial charge in [0.05, 0.1) is 5.52 Å². The van der Waals surface area contributed by atoms with Crippen molar-refractivity contribution in [2.24, 2.45) is 0 Å². The number of ether oxygens (including phenoxy) is 1. The number of fused-ring (bicyclic) bond motifs is 1. The minimum atomic E-state index is -1.37. The zero-order valence-corrected chi connectivity index (χ0v) is 14.6. The van der Waals surface area contributed by atoms with Crippen LogP contribution in [-0.2, 0) is 10.5 Å². The van der Waals surface area contributed by atoms with Gasteiger partial charge < -0.3 is 9.84 Å². The quantitative estimate of drug-likeness (QED) is 0.745. The first-order chi connectivity index (χ1) is 12.0. The third-order valence-corrected chi connectivity index (χ3v) is 3.98. The average Bonchev–Trinajstić information content (AvgIpc) is 3.03. The Morgan fingerprint density at radius 2 is 1.76 bits per heavy atom. The van der Waals surface area contributed by atoms with Gasteiger partial charge in [0.15, 0.2) is 0 Å². The van der Waals surface area contributed by atoms with E-state index in [0.29, 0.717) is 6.61 Å². The van der Waals surface area contributed by atoms with Crippen molar-refractivity contribution in [1.29, 1.82) is 0 Å². The van der Waals surface area contributed by atoms with Crippen LogP contribution >= 0.6 is 0 Å². The molecular weight excluding hydrogens is 314 g/mol. The molecule has 0 fully saturated rings. The smallest absolute Gasteiger partial charge is 0.255 e. The van der Waals surface area contributed by atoms with E-state index in [1.165, 1.54) is 0 Å². The summed E-state index contributed by atoms with van der Waals surface area (Å²) in [5, 5.41) is 19.4. The van der Waals surface area contributed by atoms with Crippen LogP contribution in [0.4, 0.5) is 0 Å². The van der Waals surface area contributed by atoms with Crippen LogP contribution in [0.15, 0.2) is 54.6 Å². The fraction of sp³-hybridized carbons (Fsp3) is 0.300. The van der Waals surface area contributed by atoms with Gasteiger partial charge in [0.1, 0.15) is 11.1 Å². The maximum absolute atomic E-state index is 11.0. The van der Waals surface area contributed by atoms with Crippen molar-refractivity contribution in [3.05, 3.63) is 60.2 Å². The van der Waals surface area contributed by atoms with Crippen LogP contribution in [0.25, 0.3) is 11.0 Å². The standard InChI is InChI=1S/C20H21N3O2/c1-4-25-20(19(2,3)24,15-14-16-10-6-5-7-11-16)23-18-13-9-8-12-17(18)21-22-23/h5-13,24H,4H2,1-3H3. The minimum Gasteiger partial charge on any atom is -0.384 e. The molecular formula is C20H21N3O2. The van der Waals surface area contributed by atoms with Gasteiger partial charge in [-0.15, -0.1) is 5.10 Å². The fourth-order valence-corrected chi connectivity index (χ4v) is 2.73. The van der Waals surface area contributed by atoms with Gasteiger partial charge in [0.2, 0.25) is 0 Å². The van der Waals surface area contributed by atoms with E-state index < -0.39 is 11.3 Å². The van der Waals surface area contributed by atoms with Crippen molar-refractivity contribution in [2.45, 2.75) is 32.1 Å². The lowest BCUT2D eigenvalue weighted by atomic mass is 9.93. The van der Waals surface area contributed by atoms with E-state index >= 15 is 0 Å². The van der Waals surface area contributed by atoms with Crippen LogP contribution in [0, 0.1) is 11.8 Å². The molecule has 0 radical (unpaired) electrons. The van der Waals surface area contributed by atoms with Crippen molar-refractivity contribution in [1.82, 2.24) is 15.0 Å². The van der Waals surface area contributed by atoms with Gasteiger partial charge in [0, 0.05) is 12.2 Å². The minimum absolute atomic E-state index is 0.363. The molecule has 0 amide bonds. The number of hydrogen-bond donors (Lipinski definition) is 1. The van der Waals surface area contributed by atoms with Crippen molar-refractivity contribution < 1.29 is 9.84 Å². The van der Waals surface area contributed by atoms with Gasteiger partial charge >= 0.3 is 0 Å². The molecule has 0 spiro atoms. The number of benzene rings is 2. The Balaban J connectivity index is 2.24. The maximum atomic E-state index is 11.0. The Hall–Kier alpha value is -2.68. The summed E-state index contributed by atoms with van der Waals surface area (Å²) in [7, 11) is 0. The predicted octanol–water partition coefficient (Wildman–Crippen LogP) is 2.94. The van der Waals surface area contributed by atoms with Crippen LogP contribution in [0.1, 0.15) is 26.3 Å². The molecule has 0 aliphatic rings. The fourth-order valence-electron chi connectivity index (χ4n) is 2.73. The summed E-state index contributed by atoms with van der Waals surface area (Å²) in [6.45, 7) is 5.56. The number of rotatable bonds is 4. The van der Waals surface area contributed by atoms with E-state index in [1.54, 1.807) is 18.5 Å². The summed E-state index contributed by atoms with van der Waals surface area (Å²) in [5.74, 6) is 6.23. The largest absolute Gasteiger partial charge is 0.384 e. The summed E-state index contributed by atoms with van der Waals surface area (Å²) in [4.78, 5) is 0. The van der Waals surface area contributed by atoms with Gasteiger partial charge in [0.25, 0.3) is 5.72 Å². The Morgan fingerprint density at radius 1 is 1.08 bits per heavy atom. The molecule has 0 saturated carbocycles. The van der Waals surface area contributed by atoms with E-state index in [4.69, 9.17) is 4.74 Å². The summed E-state index contributed by atoms with van der Waals surface area (Å²) < 4.78 is 7.58. The van der Waals surface area contributed by atoms with Gasteiger partial charge in [-0.1, -0.05) is 41.5 Å². The van der Waals surface area contributed by atoms with E-state index in [0.717, 1.165) is 16.6 Å². The van der Waals surface area contributed by atoms with Crippen molar-refractivity contribution in [3.63, 3.8) is 0 Å². The van der Waals surface area contributed by atoms with Gasteiger partial charge in [-0.2, -0.15) is 4.68 Å². The molecule has 0 aliphatic heterocycles. The first-order valence-electron chi connectivity index (χ1n) is 8.23. The molecule has 0 aliphatic carbocycles. The molecule has 3 aromatic rings. The highest BCUT2D eigenvalue weighted by atomic mass is 16.5. The van der Waals surface area contributed by atoms with Gasteiger partial charge in [-0.05, 0) is 51.0 Å². The lowest BCUT2D eigenvalue weighted by molar-refractivity contribution is -0.183. The number of aromatic nitrogens is 3. The topological polar surface area (TPSA) is 60.2 Å². The Kier molecular flexibility index (Phi) is 4.58. The first kappa shape index (κ1) is 17.2. The molecule has 0 bridgehead atoms. The zero-order valence-electron chi connectivity index (χ0n) is 14.6. The summed E-state index contributed by atoms with van der Waals surface area (Å²) in [6.07, 6.45) is 0. The van der Waals surface area contributed by atoms with E-state index in [-0.39, 0.29) is 0 Å². The van der Waals surface area contributed by atoms with Crippen molar-refractivity contribution in [2.75, 3.05) is 6.61 Å². The third-order valence-electron chi connectivity index (χ3n) is 3.98. The number of para-hydroxylation sites is 1. The number of nitrogens with zero attached hydrogens (tertiary/aromatic N) is 3. The number of aliphatic hydroxyl groups is 1. The maximum Gasteiger partial charge on any atom is 0.255 e. The Labute approximate surface area is 147 Å². The molecule has 1 aromatic heterocycles. The molecule has 1 atom stereocenters. The highest BCUT2D eigenvalue weighted by Gasteiger charge is 2.48. The molecule has 1 N–H and O–H groups in total. The molecule has 2 aromatic carbocycles. The van der Waals surface area contributed by atoms with Crippen molar-refractivity contribution >= 4 is 11.0 Å². The Morgan fingerprint density at radius 3 is 2.44 bits per heavy atom. The monoisotopic (exact) mass is 335 g/mol. The summed E-state index contributed by atoms with van der Waals surface area (Å²) >= 11 is 0. The Bertz CT molecular complexity index is 917. The van der Waals surface area contributed by atoms with E-state index in [2.05, 4.69) is 22.2 Å². The second-order valence-corrected chi connectivity index (χ2v) is 6.24. The lowest BCUT2D eigenvalue weighted by Gasteiger charge is -2.38. The summed E-state index contributed by atoms with van der Waals surface area (Å²) in [5.41, 5.74) is -0.382. The SMILES string of the molecule is CCOC(C#Cc1ccccc1)(n1nnc2ccccc21)C(C)(C)O. The highest BCUT2D eigenvalue weighted by Crippen LogP contribution is 2.33. The van der Waals surface area contributed by atoms with Crippen molar-refractivity contribution in [3.8, 4) is 11.8 Å². The molecule has 0 saturated heterocycles. The third kappa shape index (κ3) is 3.14. The van der Waals surface area contributed by atoms with Gasteiger partial charge in [-0.25, -0.2) is 0 Å². The van der Waals surface area contributed by atoms with E-state index in [9.17, 15) is 5.11 Å². The first-order valence-corrected chi connectivity index (χ1v) is 8.23. The van der Waals surface area contributed by atoms with Gasteiger partial charge in [-0.3, -0.25) is 0 Å². The zero-order chi connectivity index (χ0) is 17.9. The second-order valence-electron chi connectivity index (χ2n) is 6.24. The van der Waals surface area contributed by atoms with Crippen LogP contribution in [0.3, 0.4) is 0 Å². The molecule has 5 nitrogen and oxygen atoms in total. The van der Waals surface area contributed by atoms with Crippen LogP contribution in [-0.4, -0.2) is 32.3 Å². The molecule has 128 valence electrons. The van der Waals surface area contributed by atoms with Crippen LogP contribution < -0.4 is 0 Å². The normalized spacial score (nSPS) is 13.9. The molecule has 1 heterocycles. The predicted molar refractivity (Wildman–Crippen MR) is 96.7 cm³/mol. The second kappa shape index (κ2) is 6.67. The highest BCUT2D eigenvalue weighted by molar-refractivity contribution is 5.74. The van der Waals surface area contributed by atoms with Crippen LogP contribution in [0.2, 0.25) is 0 Å². The number of hydrogen-bond acceptors (Lipinski definition) is 4. The molecule has 3 rings (SSSR count). The molecule has 25 heavy (non-hydrogen) atoms. The molecule has 5 heteroatoms. The molecule has 1 unspecified atom stereocenters. The summed E-state index contributed by atoms with van der Waals surface area (Å²) in [6, 6.07) is 17.1. The van der Waals surface area contributed by atoms with E-state index in [1.807, 2.05) is 61.5 Å².